The Labute approximate surface area is 172 Å². The van der Waals surface area contributed by atoms with Gasteiger partial charge in [0.25, 0.3) is 5.89 Å². The molecule has 0 saturated carbocycles. The van der Waals surface area contributed by atoms with Crippen molar-refractivity contribution in [2.24, 2.45) is 0 Å². The van der Waals surface area contributed by atoms with Crippen LogP contribution in [-0.2, 0) is 12.2 Å². The molecule has 6 nitrogen and oxygen atoms in total. The molecule has 0 atom stereocenters. The second-order valence-corrected chi connectivity index (χ2v) is 7.68. The van der Waals surface area contributed by atoms with Crippen molar-refractivity contribution in [1.29, 1.82) is 0 Å². The number of rotatable bonds is 5. The smallest absolute Gasteiger partial charge is 0.278 e. The van der Waals surface area contributed by atoms with Crippen LogP contribution in [0.2, 0.25) is 5.15 Å². The molecule has 0 aliphatic rings. The number of nitrogens with zero attached hydrogens (tertiary/aromatic N) is 5. The number of alkyl halides is 1. The lowest BCUT2D eigenvalue weighted by atomic mass is 9.99. The average molecular weight is 412 g/mol. The summed E-state index contributed by atoms with van der Waals surface area (Å²) in [5.74, 6) is 0.753. The molecule has 0 bridgehead atoms. The molecule has 8 heteroatoms. The molecule has 0 amide bonds. The van der Waals surface area contributed by atoms with Gasteiger partial charge in [-0.2, -0.15) is 10.1 Å². The third-order valence-electron chi connectivity index (χ3n) is 4.58. The first-order valence-electron chi connectivity index (χ1n) is 9.08. The van der Waals surface area contributed by atoms with Crippen molar-refractivity contribution >= 4 is 11.6 Å². The summed E-state index contributed by atoms with van der Waals surface area (Å²) in [5, 5.41) is 9.05. The molecular weight excluding hydrogens is 393 g/mol. The molecular formula is C21H19ClFN5O. The second kappa shape index (κ2) is 7.40. The normalized spacial score (nSPS) is 11.8. The molecule has 0 saturated heterocycles. The fraction of sp³-hybridized carbons (Fsp3) is 0.238. The maximum atomic E-state index is 14.0. The van der Waals surface area contributed by atoms with Crippen LogP contribution >= 0.6 is 11.6 Å². The fourth-order valence-electron chi connectivity index (χ4n) is 2.91. The summed E-state index contributed by atoms with van der Waals surface area (Å²) < 4.78 is 21.3. The molecule has 3 aromatic heterocycles. The molecule has 148 valence electrons. The SMILES string of the molecule is Cc1cc(-c2nc(-c3ccc(C(C)(C)F)cc3)no2)nn1Cc1ccc(Cl)nc1. The van der Waals surface area contributed by atoms with Crippen LogP contribution in [-0.4, -0.2) is 24.9 Å². The summed E-state index contributed by atoms with van der Waals surface area (Å²) >= 11 is 5.83. The van der Waals surface area contributed by atoms with E-state index in [4.69, 9.17) is 16.1 Å². The molecule has 29 heavy (non-hydrogen) atoms. The summed E-state index contributed by atoms with van der Waals surface area (Å²) in [6.07, 6.45) is 1.72. The lowest BCUT2D eigenvalue weighted by molar-refractivity contribution is 0.221. The lowest BCUT2D eigenvalue weighted by Gasteiger charge is -2.14. The van der Waals surface area contributed by atoms with E-state index in [1.807, 2.05) is 23.7 Å². The van der Waals surface area contributed by atoms with E-state index in [9.17, 15) is 4.39 Å². The van der Waals surface area contributed by atoms with Crippen molar-refractivity contribution in [3.8, 4) is 23.0 Å². The highest BCUT2D eigenvalue weighted by Gasteiger charge is 2.19. The molecule has 0 spiro atoms. The van der Waals surface area contributed by atoms with E-state index in [0.29, 0.717) is 34.7 Å². The summed E-state index contributed by atoms with van der Waals surface area (Å²) in [7, 11) is 0. The number of pyridine rings is 1. The minimum absolute atomic E-state index is 0.325. The van der Waals surface area contributed by atoms with Gasteiger partial charge in [-0.1, -0.05) is 47.1 Å². The van der Waals surface area contributed by atoms with Gasteiger partial charge in [0.1, 0.15) is 10.8 Å². The largest absolute Gasteiger partial charge is 0.332 e. The van der Waals surface area contributed by atoms with Crippen LogP contribution in [0.4, 0.5) is 4.39 Å². The summed E-state index contributed by atoms with van der Waals surface area (Å²) in [6, 6.07) is 12.6. The Hall–Kier alpha value is -3.06. The summed E-state index contributed by atoms with van der Waals surface area (Å²) in [5.41, 5.74) is 2.46. The Morgan fingerprint density at radius 1 is 1.14 bits per heavy atom. The summed E-state index contributed by atoms with van der Waals surface area (Å²) in [4.78, 5) is 8.53. The first kappa shape index (κ1) is 19.3. The summed E-state index contributed by atoms with van der Waals surface area (Å²) in [6.45, 7) is 5.55. The van der Waals surface area contributed by atoms with Crippen molar-refractivity contribution in [2.45, 2.75) is 33.0 Å². The standard InChI is InChI=1S/C21H19ClFN5O/c1-13-10-17(26-28(13)12-14-4-9-18(22)24-11-14)20-25-19(27-29-20)15-5-7-16(8-6-15)21(2,3)23/h4-11H,12H2,1-3H3. The van der Waals surface area contributed by atoms with Crippen LogP contribution < -0.4 is 0 Å². The first-order valence-corrected chi connectivity index (χ1v) is 9.46. The van der Waals surface area contributed by atoms with Gasteiger partial charge in [-0.3, -0.25) is 4.68 Å². The van der Waals surface area contributed by atoms with E-state index >= 15 is 0 Å². The highest BCUT2D eigenvalue weighted by atomic mass is 35.5. The van der Waals surface area contributed by atoms with Crippen molar-refractivity contribution in [2.75, 3.05) is 0 Å². The predicted molar refractivity (Wildman–Crippen MR) is 108 cm³/mol. The van der Waals surface area contributed by atoms with E-state index in [2.05, 4.69) is 20.2 Å². The number of halogens is 2. The first-order chi connectivity index (χ1) is 13.8. The number of aromatic nitrogens is 5. The average Bonchev–Trinajstić information content (AvgIpc) is 3.30. The molecule has 0 aliphatic carbocycles. The van der Waals surface area contributed by atoms with E-state index < -0.39 is 5.67 Å². The molecule has 0 unspecified atom stereocenters. The van der Waals surface area contributed by atoms with Gasteiger partial charge < -0.3 is 4.52 Å². The van der Waals surface area contributed by atoms with Crippen LogP contribution in [0.25, 0.3) is 23.0 Å². The van der Waals surface area contributed by atoms with Gasteiger partial charge in [0, 0.05) is 17.5 Å². The van der Waals surface area contributed by atoms with Crippen LogP contribution in [0, 0.1) is 6.92 Å². The van der Waals surface area contributed by atoms with E-state index in [1.54, 1.807) is 36.5 Å². The molecule has 0 radical (unpaired) electrons. The highest BCUT2D eigenvalue weighted by molar-refractivity contribution is 6.29. The van der Waals surface area contributed by atoms with E-state index in [-0.39, 0.29) is 0 Å². The fourth-order valence-corrected chi connectivity index (χ4v) is 3.02. The third kappa shape index (κ3) is 4.19. The van der Waals surface area contributed by atoms with Gasteiger partial charge >= 0.3 is 0 Å². The van der Waals surface area contributed by atoms with Crippen LogP contribution in [0.15, 0.2) is 53.2 Å². The Morgan fingerprint density at radius 3 is 2.55 bits per heavy atom. The molecule has 1 aromatic carbocycles. The lowest BCUT2D eigenvalue weighted by Crippen LogP contribution is -2.08. The van der Waals surface area contributed by atoms with E-state index in [1.165, 1.54) is 13.8 Å². The van der Waals surface area contributed by atoms with Gasteiger partial charge in [0.2, 0.25) is 5.82 Å². The Balaban J connectivity index is 1.56. The number of hydrogen-bond donors (Lipinski definition) is 0. The zero-order chi connectivity index (χ0) is 20.6. The minimum atomic E-state index is -1.40. The van der Waals surface area contributed by atoms with Crippen LogP contribution in [0.5, 0.6) is 0 Å². The van der Waals surface area contributed by atoms with Gasteiger partial charge in [-0.25, -0.2) is 9.37 Å². The minimum Gasteiger partial charge on any atom is -0.332 e. The van der Waals surface area contributed by atoms with Crippen molar-refractivity contribution in [3.05, 3.63) is 70.6 Å². The third-order valence-corrected chi connectivity index (χ3v) is 4.80. The van der Waals surface area contributed by atoms with Crippen molar-refractivity contribution in [1.82, 2.24) is 24.9 Å². The topological polar surface area (TPSA) is 69.6 Å². The predicted octanol–water partition coefficient (Wildman–Crippen LogP) is 5.21. The quantitative estimate of drug-likeness (QED) is 0.421. The number of aryl methyl sites for hydroxylation is 1. The van der Waals surface area contributed by atoms with Gasteiger partial charge in [0.15, 0.2) is 5.69 Å². The Morgan fingerprint density at radius 2 is 1.90 bits per heavy atom. The monoisotopic (exact) mass is 411 g/mol. The number of hydrogen-bond acceptors (Lipinski definition) is 5. The van der Waals surface area contributed by atoms with Crippen LogP contribution in [0.1, 0.15) is 30.7 Å². The molecule has 4 rings (SSSR count). The van der Waals surface area contributed by atoms with Gasteiger partial charge in [-0.15, -0.1) is 0 Å². The Bertz CT molecular complexity index is 1130. The molecule has 0 aliphatic heterocycles. The van der Waals surface area contributed by atoms with Crippen LogP contribution in [0.3, 0.4) is 0 Å². The highest BCUT2D eigenvalue weighted by Crippen LogP contribution is 2.27. The molecule has 0 fully saturated rings. The van der Waals surface area contributed by atoms with Crippen molar-refractivity contribution in [3.63, 3.8) is 0 Å². The number of benzene rings is 1. The molecule has 3 heterocycles. The van der Waals surface area contributed by atoms with Crippen molar-refractivity contribution < 1.29 is 8.91 Å². The zero-order valence-electron chi connectivity index (χ0n) is 16.2. The van der Waals surface area contributed by atoms with Gasteiger partial charge in [0.05, 0.1) is 6.54 Å². The molecule has 0 N–H and O–H groups in total. The molecule has 4 aromatic rings. The second-order valence-electron chi connectivity index (χ2n) is 7.29. The maximum absolute atomic E-state index is 14.0. The Kier molecular flexibility index (Phi) is 4.92. The maximum Gasteiger partial charge on any atom is 0.278 e. The van der Waals surface area contributed by atoms with E-state index in [0.717, 1.165) is 16.8 Å². The van der Waals surface area contributed by atoms with Gasteiger partial charge in [-0.05, 0) is 44.0 Å². The zero-order valence-corrected chi connectivity index (χ0v) is 17.0.